The first-order chi connectivity index (χ1) is 23.4. The van der Waals surface area contributed by atoms with E-state index in [1.165, 1.54) is 6.92 Å². The molecule has 4 amide bonds. The van der Waals surface area contributed by atoms with Crippen LogP contribution < -0.4 is 20.7 Å². The normalized spacial score (nSPS) is 25.2. The monoisotopic (exact) mass is 721 g/mol. The van der Waals surface area contributed by atoms with Gasteiger partial charge in [-0.1, -0.05) is 59.8 Å². The molecule has 0 unspecified atom stereocenters. The maximum absolute atomic E-state index is 14.6. The van der Waals surface area contributed by atoms with Gasteiger partial charge in [-0.05, 0) is 75.0 Å². The first-order valence-electron chi connectivity index (χ1n) is 18.7. The van der Waals surface area contributed by atoms with Gasteiger partial charge in [0.05, 0.1) is 18.3 Å². The van der Waals surface area contributed by atoms with Crippen molar-refractivity contribution >= 4 is 45.2 Å². The lowest BCUT2D eigenvalue weighted by Gasteiger charge is -2.38. The Balaban J connectivity index is 1.56. The topological polar surface area (TPSA) is 188 Å². The summed E-state index contributed by atoms with van der Waals surface area (Å²) in [5, 5.41) is 8.56. The summed E-state index contributed by atoms with van der Waals surface area (Å²) in [5.74, 6) is -3.92. The summed E-state index contributed by atoms with van der Waals surface area (Å²) in [6, 6.07) is -3.88. The lowest BCUT2D eigenvalue weighted by atomic mass is 9.76. The molecule has 282 valence electrons. The van der Waals surface area contributed by atoms with Gasteiger partial charge in [-0.25, -0.2) is 13.1 Å². The van der Waals surface area contributed by atoms with Gasteiger partial charge in [0.25, 0.3) is 5.91 Å². The Morgan fingerprint density at radius 3 is 2.12 bits per heavy atom. The zero-order valence-electron chi connectivity index (χ0n) is 30.7. The highest BCUT2D eigenvalue weighted by Gasteiger charge is 2.52. The summed E-state index contributed by atoms with van der Waals surface area (Å²) in [7, 11) is -3.64. The van der Waals surface area contributed by atoms with Crippen LogP contribution in [0.5, 0.6) is 0 Å². The predicted molar refractivity (Wildman–Crippen MR) is 188 cm³/mol. The Hall–Kier alpha value is -2.87. The van der Waals surface area contributed by atoms with E-state index in [0.717, 1.165) is 70.5 Å². The van der Waals surface area contributed by atoms with Crippen LogP contribution in [0, 0.1) is 29.1 Å². The third-order valence-corrected chi connectivity index (χ3v) is 11.8. The molecule has 1 heterocycles. The van der Waals surface area contributed by atoms with E-state index in [-0.39, 0.29) is 36.6 Å². The van der Waals surface area contributed by atoms with Crippen LogP contribution in [0.1, 0.15) is 118 Å². The SMILES string of the molecule is CCC[C@H](NC(=O)[C@@H]1[C@H]2CCC[C@H]2CN1C(=O)[C@@H](NC(=O)[C@@H](CC(=O)[C@@H](C)NS(C)(=O)=O)C1CCCCC1)C(C)(C)C)C(=O)C(=O)NC1CC1. The number of fused-ring (bicyclic) bond motifs is 1. The van der Waals surface area contributed by atoms with Crippen molar-refractivity contribution in [1.29, 1.82) is 0 Å². The quantitative estimate of drug-likeness (QED) is 0.175. The summed E-state index contributed by atoms with van der Waals surface area (Å²) < 4.78 is 26.0. The molecule has 3 aliphatic carbocycles. The molecule has 0 spiro atoms. The van der Waals surface area contributed by atoms with Crippen molar-refractivity contribution in [3.05, 3.63) is 0 Å². The zero-order chi connectivity index (χ0) is 37.0. The van der Waals surface area contributed by atoms with Gasteiger partial charge < -0.3 is 20.9 Å². The van der Waals surface area contributed by atoms with Gasteiger partial charge in [0.1, 0.15) is 12.1 Å². The maximum atomic E-state index is 14.6. The average Bonchev–Trinajstić information content (AvgIpc) is 3.60. The van der Waals surface area contributed by atoms with Gasteiger partial charge >= 0.3 is 0 Å². The molecule has 4 aliphatic rings. The number of nitrogens with zero attached hydrogens (tertiary/aromatic N) is 1. The molecule has 50 heavy (non-hydrogen) atoms. The summed E-state index contributed by atoms with van der Waals surface area (Å²) in [6.07, 6.45) is 10.2. The largest absolute Gasteiger partial charge is 0.347 e. The molecular formula is C36H59N5O8S. The molecule has 0 aromatic rings. The molecule has 7 atom stereocenters. The van der Waals surface area contributed by atoms with E-state index in [1.54, 1.807) is 4.90 Å². The molecule has 1 aliphatic heterocycles. The molecule has 0 bridgehead atoms. The Bertz CT molecular complexity index is 1400. The smallest absolute Gasteiger partial charge is 0.289 e. The Morgan fingerprint density at radius 1 is 0.880 bits per heavy atom. The third kappa shape index (κ3) is 10.4. The van der Waals surface area contributed by atoms with E-state index in [4.69, 9.17) is 0 Å². The molecule has 0 aromatic heterocycles. The summed E-state index contributed by atoms with van der Waals surface area (Å²) >= 11 is 0. The van der Waals surface area contributed by atoms with Crippen molar-refractivity contribution in [2.45, 2.75) is 148 Å². The molecule has 1 saturated heterocycles. The molecular weight excluding hydrogens is 662 g/mol. The van der Waals surface area contributed by atoms with Crippen LogP contribution in [0.2, 0.25) is 0 Å². The number of ketones is 2. The average molecular weight is 722 g/mol. The van der Waals surface area contributed by atoms with Crippen LogP contribution in [0.25, 0.3) is 0 Å². The Kier molecular flexibility index (Phi) is 13.3. The molecule has 13 nitrogen and oxygen atoms in total. The van der Waals surface area contributed by atoms with Crippen LogP contribution in [0.4, 0.5) is 0 Å². The van der Waals surface area contributed by atoms with Crippen LogP contribution in [-0.2, 0) is 38.8 Å². The fourth-order valence-corrected chi connectivity index (χ4v) is 8.95. The third-order valence-electron chi connectivity index (χ3n) is 11.0. The summed E-state index contributed by atoms with van der Waals surface area (Å²) in [4.78, 5) is 83.4. The fourth-order valence-electron chi connectivity index (χ4n) is 8.18. The van der Waals surface area contributed by atoms with Crippen LogP contribution in [0.15, 0.2) is 0 Å². The molecule has 3 saturated carbocycles. The minimum Gasteiger partial charge on any atom is -0.347 e. The molecule has 4 rings (SSSR count). The van der Waals surface area contributed by atoms with Crippen LogP contribution >= 0.6 is 0 Å². The number of likely N-dealkylation sites (tertiary alicyclic amines) is 1. The summed E-state index contributed by atoms with van der Waals surface area (Å²) in [6.45, 7) is 9.21. The van der Waals surface area contributed by atoms with E-state index >= 15 is 0 Å². The van der Waals surface area contributed by atoms with E-state index in [1.807, 2.05) is 27.7 Å². The minimum absolute atomic E-state index is 0.000420. The van der Waals surface area contributed by atoms with E-state index in [2.05, 4.69) is 20.7 Å². The Labute approximate surface area is 297 Å². The number of Topliss-reactive ketones (excluding diaryl/α,β-unsaturated/α-hetero) is 2. The highest BCUT2D eigenvalue weighted by molar-refractivity contribution is 7.88. The highest BCUT2D eigenvalue weighted by Crippen LogP contribution is 2.43. The highest BCUT2D eigenvalue weighted by atomic mass is 32.2. The van der Waals surface area contributed by atoms with Crippen molar-refractivity contribution < 1.29 is 37.2 Å². The van der Waals surface area contributed by atoms with E-state index in [9.17, 15) is 37.2 Å². The van der Waals surface area contributed by atoms with Crippen molar-refractivity contribution in [2.75, 3.05) is 12.8 Å². The summed E-state index contributed by atoms with van der Waals surface area (Å²) in [5.41, 5.74) is -0.765. The van der Waals surface area contributed by atoms with Crippen molar-refractivity contribution in [3.8, 4) is 0 Å². The lowest BCUT2D eigenvalue weighted by Crippen LogP contribution is -2.60. The van der Waals surface area contributed by atoms with Crippen molar-refractivity contribution in [3.63, 3.8) is 0 Å². The second-order valence-electron chi connectivity index (χ2n) is 16.3. The van der Waals surface area contributed by atoms with E-state index in [0.29, 0.717) is 13.0 Å². The van der Waals surface area contributed by atoms with Gasteiger partial charge in [-0.3, -0.25) is 28.8 Å². The van der Waals surface area contributed by atoms with Crippen molar-refractivity contribution in [2.24, 2.45) is 29.1 Å². The first-order valence-corrected chi connectivity index (χ1v) is 20.6. The number of hydrogen-bond acceptors (Lipinski definition) is 8. The van der Waals surface area contributed by atoms with Crippen LogP contribution in [-0.4, -0.2) is 91.5 Å². The second kappa shape index (κ2) is 16.6. The van der Waals surface area contributed by atoms with Gasteiger partial charge in [0.2, 0.25) is 33.5 Å². The number of sulfonamides is 1. The van der Waals surface area contributed by atoms with Gasteiger partial charge in [-0.2, -0.15) is 0 Å². The number of rotatable bonds is 16. The number of amides is 4. The fraction of sp³-hybridized carbons (Fsp3) is 0.833. The van der Waals surface area contributed by atoms with Crippen molar-refractivity contribution in [1.82, 2.24) is 25.6 Å². The second-order valence-corrected chi connectivity index (χ2v) is 18.1. The maximum Gasteiger partial charge on any atom is 0.289 e. The van der Waals surface area contributed by atoms with Gasteiger partial charge in [-0.15, -0.1) is 0 Å². The molecule has 0 aromatic carbocycles. The van der Waals surface area contributed by atoms with E-state index < -0.39 is 80.7 Å². The predicted octanol–water partition coefficient (Wildman–Crippen LogP) is 2.37. The standard InChI is InChI=1S/C36H59N5O8S/c1-7-12-27(30(43)34(46)37-24-17-18-24)38-33(45)29-25-16-11-15-23(25)20-41(29)35(47)31(36(3,4)5)39-32(44)26(22-13-9-8-10-14-22)19-28(42)21(2)40-50(6,48)49/h21-27,29,31,40H,7-20H2,1-6H3,(H,37,46)(H,38,45)(H,39,44)/t21-,23+,25+,26+,27+,29+,31-/m1/s1. The lowest BCUT2D eigenvalue weighted by molar-refractivity contribution is -0.146. The number of carbonyl (C=O) groups is 6. The van der Waals surface area contributed by atoms with Gasteiger partial charge in [0.15, 0.2) is 5.78 Å². The van der Waals surface area contributed by atoms with Crippen LogP contribution in [0.3, 0.4) is 0 Å². The number of hydrogen-bond donors (Lipinski definition) is 4. The number of carbonyl (C=O) groups excluding carboxylic acids is 6. The molecule has 4 N–H and O–H groups in total. The number of nitrogens with one attached hydrogen (secondary N) is 4. The minimum atomic E-state index is -3.64. The zero-order valence-corrected chi connectivity index (χ0v) is 31.5. The Morgan fingerprint density at radius 2 is 1.54 bits per heavy atom. The first kappa shape index (κ1) is 39.9. The molecule has 4 fully saturated rings. The van der Waals surface area contributed by atoms with Gasteiger partial charge in [0, 0.05) is 24.9 Å². The molecule has 14 heteroatoms. The molecule has 0 radical (unpaired) electrons.